The first-order valence-corrected chi connectivity index (χ1v) is 74.9. The Balaban J connectivity index is 0.000000295. The van der Waals surface area contributed by atoms with Crippen molar-refractivity contribution in [3.8, 4) is 5.75 Å². The minimum Gasteiger partial charge on any atom is -0.134 e. The van der Waals surface area contributed by atoms with Crippen LogP contribution in [0.3, 0.4) is 0 Å². The van der Waals surface area contributed by atoms with E-state index in [1.54, 1.807) is 87.3 Å². The molecule has 3 radical (unpaired) electrons. The van der Waals surface area contributed by atoms with E-state index in [1.807, 2.05) is 161 Å². The third-order valence-electron chi connectivity index (χ3n) is 20.3. The van der Waals surface area contributed by atoms with Crippen molar-refractivity contribution in [2.24, 2.45) is 0 Å². The molecule has 0 fully saturated rings. The minimum atomic E-state index is -0.676. The Morgan fingerprint density at radius 1 is 0.390 bits per heavy atom. The van der Waals surface area contributed by atoms with Gasteiger partial charge in [-0.25, -0.2) is 0 Å². The first-order chi connectivity index (χ1) is 66.2. The number of benzene rings is 11. The van der Waals surface area contributed by atoms with Gasteiger partial charge in [-0.05, 0) is 214 Å². The fourth-order valence-electron chi connectivity index (χ4n) is 13.7. The molecule has 21 rings (SSSR count). The van der Waals surface area contributed by atoms with Crippen molar-refractivity contribution in [3.05, 3.63) is 414 Å². The molecule has 141 heavy (non-hydrogen) atoms. The predicted molar refractivity (Wildman–Crippen MR) is 648 cm³/mol. The van der Waals surface area contributed by atoms with Crippen LogP contribution >= 0.6 is 280 Å². The smallest absolute Gasteiger partial charge is 0.134 e. The molecule has 0 aliphatic heterocycles. The third-order valence-corrected chi connectivity index (χ3v) is 43.7. The number of aliphatic hydroxyl groups excluding tert-OH is 2. The second kappa shape index (κ2) is 66.1. The summed E-state index contributed by atoms with van der Waals surface area (Å²) in [5.74, 6) is 0.918. The van der Waals surface area contributed by atoms with E-state index in [1.165, 1.54) is 136 Å². The molecule has 705 valence electrons. The third kappa shape index (κ3) is 34.1. The van der Waals surface area contributed by atoms with E-state index in [9.17, 15) is 19.8 Å². The maximum absolute atomic E-state index is 11.8. The maximum Gasteiger partial charge on any atom is 1.00 e. The average molecular weight is 2840 g/mol. The average Bonchev–Trinajstić information content (AvgIpc) is 1.57. The quantitative estimate of drug-likeness (QED) is 0.0398. The zero-order chi connectivity index (χ0) is 97.3. The summed E-state index contributed by atoms with van der Waals surface area (Å²) >= 11 is 51.5. The van der Waals surface area contributed by atoms with Crippen LogP contribution in [0.4, 0.5) is 0 Å². The Labute approximate surface area is 1010 Å². The number of aldehydes is 3. The monoisotopic (exact) mass is 2830 g/mol. The molecule has 8 nitrogen and oxygen atoms in total. The van der Waals surface area contributed by atoms with E-state index in [2.05, 4.69) is 352 Å². The molecule has 2 atom stereocenters. The van der Waals surface area contributed by atoms with Gasteiger partial charge in [0.15, 0.2) is 12.0 Å². The standard InChI is InChI=1S/C22H18O2S2.C22H12S2.C20H14Br2O2S2.C20H14Br2S2.C7H6O.C6Br4S2.2C4H9.C2H4O.CN.B.2HI.2Li.Na.H2O.Zn/c1-24-20-19(13-16-10-6-3-7-11-16)26-21-17(14-23)18(25-22(20)21)12-15-8-4-2-5-9-15;1-3-7-15-11-19-17(9-13(15)5-1)21-22(23-19)18-10-14-6-2-4-8-16(14)12-20(18)24-21;21-13-17(15(23)11-7-3-1-4-8-11)25-20-14(22)18(26-19(13)20)16(24)12-9-5-2-6-10-12;21-17-15(11-13-7-3-1-4-8-13)23-20-18(22)16(24-19(17)20)12-14-9-5-2-6-10-14;8-6-7-4-2-1-3-5-7;7-1-3-4(12-5(1)9)2(8)6(10)11-3;2*1-3-4-2;1-2-3;1-2;;;;;;;;/h2-11,14H,12-13H2,1H3;1-12H;1-10,15-16,23-24H;1-10H,11-12H2;1-6H;;2*1,3-4H2,2H3;2H,1H3;;;2*1H;;;;1H2;/q;;;;;;2*-1;;-1;;;;3*+1;;+2/p-1. The number of rotatable bonds is 17. The van der Waals surface area contributed by atoms with E-state index in [4.69, 9.17) is 21.4 Å². The van der Waals surface area contributed by atoms with Crippen LogP contribution in [0, 0.1) is 25.7 Å². The zero-order valence-corrected chi connectivity index (χ0v) is 108. The number of carbonyl (C=O) groups excluding carboxylic acids is 3. The molecule has 0 amide bonds. The molecular formula is C108H89BBr8I2Li2NNaO7S10Zn+. The minimum absolute atomic E-state index is 0. The second-order valence-electron chi connectivity index (χ2n) is 29.5. The Kier molecular flexibility index (Phi) is 59.4. The van der Waals surface area contributed by atoms with Gasteiger partial charge in [0.05, 0.1) is 94.2 Å². The summed E-state index contributed by atoms with van der Waals surface area (Å²) in [5.41, 5.74) is 8.44. The summed E-state index contributed by atoms with van der Waals surface area (Å²) in [6.45, 7) is 17.6. The van der Waals surface area contributed by atoms with Gasteiger partial charge in [-0.2, -0.15) is 12.8 Å². The van der Waals surface area contributed by atoms with Gasteiger partial charge in [-0.3, -0.25) is 9.59 Å². The summed E-state index contributed by atoms with van der Waals surface area (Å²) in [4.78, 5) is 37.5. The van der Waals surface area contributed by atoms with Crippen LogP contribution in [0.2, 0.25) is 0 Å². The van der Waals surface area contributed by atoms with Gasteiger partial charge in [0.25, 0.3) is 0 Å². The number of aliphatic hydroxyl groups is 2. The van der Waals surface area contributed by atoms with Crippen molar-refractivity contribution in [2.75, 3.05) is 7.11 Å². The molecule has 0 saturated carbocycles. The number of hydrogen-bond donors (Lipinski definition) is 2. The fourth-order valence-corrected chi connectivity index (χ4v) is 33.5. The Bertz CT molecular complexity index is 7130. The van der Waals surface area contributed by atoms with Gasteiger partial charge in [-0.1, -0.05) is 288 Å². The summed E-state index contributed by atoms with van der Waals surface area (Å²) in [5, 5.41) is 35.9. The van der Waals surface area contributed by atoms with E-state index in [0.717, 1.165) is 144 Å². The van der Waals surface area contributed by atoms with E-state index in [-0.39, 0.29) is 92.7 Å². The molecule has 10 heterocycles. The molecule has 10 aromatic heterocycles. The number of halogens is 10. The number of ether oxygens (including phenoxy) is 1. The Morgan fingerprint density at radius 2 is 0.660 bits per heavy atom. The number of methoxy groups -OCH3 is 1. The van der Waals surface area contributed by atoms with Crippen LogP contribution in [0.25, 0.3) is 88.7 Å². The number of hydrogen-bond acceptors (Lipinski definition) is 17. The number of thiophene rings is 10. The molecule has 0 aliphatic rings. The van der Waals surface area contributed by atoms with Crippen LogP contribution < -0.4 is 72.0 Å². The fraction of sp³-hybridized carbons (Fsp3) is 0.130. The molecule has 0 saturated heterocycles. The molecule has 11 aromatic carbocycles. The molecule has 4 N–H and O–H groups in total. The van der Waals surface area contributed by atoms with Crippen molar-refractivity contribution in [3.63, 3.8) is 0 Å². The van der Waals surface area contributed by atoms with Crippen LogP contribution in [0.5, 0.6) is 5.75 Å². The van der Waals surface area contributed by atoms with Crippen molar-refractivity contribution in [1.29, 1.82) is 5.26 Å². The van der Waals surface area contributed by atoms with Gasteiger partial charge in [0, 0.05) is 89.0 Å². The molecule has 2 unspecified atom stereocenters. The van der Waals surface area contributed by atoms with Gasteiger partial charge in [-0.15, -0.1) is 113 Å². The van der Waals surface area contributed by atoms with E-state index in [0.29, 0.717) is 0 Å². The molecular weight excluding hydrogens is 2750 g/mol. The number of fused-ring (bicyclic) bond motifs is 11. The summed E-state index contributed by atoms with van der Waals surface area (Å²) in [6.07, 6.45) is 9.34. The van der Waals surface area contributed by atoms with Gasteiger partial charge in [0.1, 0.15) is 24.8 Å². The van der Waals surface area contributed by atoms with Crippen LogP contribution in [-0.2, 0) is 40.6 Å². The van der Waals surface area contributed by atoms with Gasteiger partial charge >= 0.3 is 118 Å². The molecule has 21 aromatic rings. The Morgan fingerprint density at radius 3 is 0.965 bits per heavy atom. The molecule has 33 heteroatoms. The number of nitrogens with zero attached hydrogens (tertiary/aromatic N) is 1. The zero-order valence-electron chi connectivity index (χ0n) is 78.7. The van der Waals surface area contributed by atoms with Gasteiger partial charge in [0.2, 0.25) is 0 Å². The topological polar surface area (TPSA) is 156 Å². The number of unbranched alkanes of at least 4 members (excludes halogenated alkanes) is 2. The van der Waals surface area contributed by atoms with Gasteiger partial charge < -0.3 is 50.9 Å². The predicted octanol–water partition coefficient (Wildman–Crippen LogP) is 30.6. The van der Waals surface area contributed by atoms with Crippen LogP contribution in [0.15, 0.2) is 320 Å². The van der Waals surface area contributed by atoms with E-state index >= 15 is 0 Å². The molecule has 0 aliphatic carbocycles. The van der Waals surface area contributed by atoms with Crippen molar-refractivity contribution >= 4 is 396 Å². The maximum atomic E-state index is 11.8. The summed E-state index contributed by atoms with van der Waals surface area (Å²) < 4.78 is 29.8. The number of carbonyl (C=O) groups is 3. The van der Waals surface area contributed by atoms with Crippen molar-refractivity contribution in [1.82, 2.24) is 0 Å². The molecule has 0 spiro atoms. The normalized spacial score (nSPS) is 10.6. The van der Waals surface area contributed by atoms with E-state index < -0.39 is 12.2 Å². The van der Waals surface area contributed by atoms with Crippen LogP contribution in [0.1, 0.15) is 143 Å². The van der Waals surface area contributed by atoms with Crippen LogP contribution in [-0.4, -0.2) is 50.1 Å². The van der Waals surface area contributed by atoms with Crippen molar-refractivity contribution < 1.29 is 114 Å². The molecule has 0 bridgehead atoms. The Hall–Kier alpha value is -2.88. The summed E-state index contributed by atoms with van der Waals surface area (Å²) in [6, 6.07) is 97.0. The van der Waals surface area contributed by atoms with Crippen molar-refractivity contribution in [2.45, 2.75) is 84.3 Å². The second-order valence-corrected chi connectivity index (χ2v) is 71.1. The largest absolute Gasteiger partial charge is 1.00 e. The summed E-state index contributed by atoms with van der Waals surface area (Å²) in [7, 11) is 1.78. The SMILES string of the molecule is Brc1c(Cc2ccccc2)sc2c(Br)c(Cc3ccccc3)sc12.Brc1sc2c(Br)c(Br)sc2c1Br.CC=O.COc1c(Cc2ccccc2)sc2c(C=O)c(Cc3ccccc3)sc12.O.O=Cc1ccccc1.OC(c1ccccc1)c1sc2c(Br)c(C(O)c3ccccc3)sc2c1Br.[B].[C-]#N.[CH2-]CCC.[CH2-]CCC.[H+].[I][Zn][I].[Li+].[Li+].[Na+].c1ccc2cc3c(cc2c1)sc1c2cc4ccccc4cc2sc31. The first-order valence-electron chi connectivity index (χ1n) is 42.3. The first kappa shape index (κ1) is 127.